The van der Waals surface area contributed by atoms with Crippen molar-refractivity contribution in [2.24, 2.45) is 0 Å². The second-order valence-corrected chi connectivity index (χ2v) is 6.11. The number of nitrogens with zero attached hydrogens (tertiary/aromatic N) is 3. The van der Waals surface area contributed by atoms with E-state index < -0.39 is 12.7 Å². The van der Waals surface area contributed by atoms with Gasteiger partial charge in [-0.3, -0.25) is 0 Å². The van der Waals surface area contributed by atoms with Gasteiger partial charge in [0.15, 0.2) is 0 Å². The maximum absolute atomic E-state index is 12.5. The Labute approximate surface area is 140 Å². The Bertz CT molecular complexity index is 783. The first-order valence-electron chi connectivity index (χ1n) is 7.17. The fourth-order valence-corrected chi connectivity index (χ4v) is 3.05. The fraction of sp³-hybridized carbons (Fsp3) is 0.250. The van der Waals surface area contributed by atoms with Crippen LogP contribution in [0.5, 0.6) is 0 Å². The minimum absolute atomic E-state index is 0.366. The molecule has 0 N–H and O–H groups in total. The van der Waals surface area contributed by atoms with E-state index in [0.29, 0.717) is 23.1 Å². The van der Waals surface area contributed by atoms with Crippen molar-refractivity contribution in [2.75, 3.05) is 0 Å². The zero-order valence-electron chi connectivity index (χ0n) is 12.5. The van der Waals surface area contributed by atoms with Gasteiger partial charge in [-0.15, -0.1) is 11.8 Å². The lowest BCUT2D eigenvalue weighted by atomic mass is 10.1. The van der Waals surface area contributed by atoms with Gasteiger partial charge in [0.2, 0.25) is 0 Å². The van der Waals surface area contributed by atoms with Gasteiger partial charge in [-0.1, -0.05) is 35.5 Å². The first-order valence-corrected chi connectivity index (χ1v) is 8.32. The predicted octanol–water partition coefficient (Wildman–Crippen LogP) is 4.53. The lowest BCUT2D eigenvalue weighted by Gasteiger charge is -2.10. The van der Waals surface area contributed by atoms with Crippen molar-refractivity contribution < 1.29 is 17.7 Å². The van der Waals surface area contributed by atoms with Crippen LogP contribution in [0.3, 0.4) is 0 Å². The quantitative estimate of drug-likeness (QED) is 0.653. The molecule has 1 aromatic carbocycles. The molecule has 2 heterocycles. The fourth-order valence-electron chi connectivity index (χ4n) is 2.19. The third-order valence-corrected chi connectivity index (χ3v) is 4.21. The van der Waals surface area contributed by atoms with Crippen LogP contribution in [-0.4, -0.2) is 20.9 Å². The molecule has 0 unspecified atom stereocenters. The average Bonchev–Trinajstić information content (AvgIpc) is 3.17. The van der Waals surface area contributed by atoms with Gasteiger partial charge in [-0.25, -0.2) is 4.98 Å². The second-order valence-electron chi connectivity index (χ2n) is 5.12. The Kier molecular flexibility index (Phi) is 4.94. The molecule has 0 aliphatic carbocycles. The van der Waals surface area contributed by atoms with Crippen molar-refractivity contribution in [3.8, 4) is 11.3 Å². The van der Waals surface area contributed by atoms with E-state index in [4.69, 9.17) is 4.52 Å². The van der Waals surface area contributed by atoms with Crippen molar-refractivity contribution in [1.82, 2.24) is 14.7 Å². The monoisotopic (exact) mass is 353 g/mol. The van der Waals surface area contributed by atoms with E-state index in [9.17, 15) is 13.2 Å². The highest BCUT2D eigenvalue weighted by Crippen LogP contribution is 2.24. The van der Waals surface area contributed by atoms with Crippen molar-refractivity contribution in [1.29, 1.82) is 0 Å². The minimum Gasteiger partial charge on any atom is -0.360 e. The van der Waals surface area contributed by atoms with Crippen molar-refractivity contribution in [2.45, 2.75) is 24.2 Å². The number of alkyl halides is 3. The number of rotatable bonds is 6. The summed E-state index contributed by atoms with van der Waals surface area (Å²) in [6.07, 6.45) is -1.54. The summed E-state index contributed by atoms with van der Waals surface area (Å²) < 4.78 is 43.8. The molecule has 3 aromatic rings. The lowest BCUT2D eigenvalue weighted by molar-refractivity contribution is -0.140. The first kappa shape index (κ1) is 16.6. The Morgan fingerprint density at radius 1 is 1.12 bits per heavy atom. The van der Waals surface area contributed by atoms with Crippen LogP contribution in [0.25, 0.3) is 11.3 Å². The highest BCUT2D eigenvalue weighted by molar-refractivity contribution is 7.97. The van der Waals surface area contributed by atoms with Gasteiger partial charge < -0.3 is 9.09 Å². The smallest absolute Gasteiger partial charge is 0.360 e. The molecule has 0 saturated heterocycles. The van der Waals surface area contributed by atoms with Gasteiger partial charge in [0.05, 0.1) is 11.5 Å². The number of thioether (sulfide) groups is 1. The Morgan fingerprint density at radius 3 is 2.67 bits per heavy atom. The van der Waals surface area contributed by atoms with Gasteiger partial charge in [0, 0.05) is 24.0 Å². The van der Waals surface area contributed by atoms with Crippen molar-refractivity contribution in [3.63, 3.8) is 0 Å². The molecule has 2 aromatic heterocycles. The highest BCUT2D eigenvalue weighted by Gasteiger charge is 2.28. The van der Waals surface area contributed by atoms with E-state index in [1.807, 2.05) is 36.4 Å². The molecule has 0 saturated carbocycles. The van der Waals surface area contributed by atoms with Gasteiger partial charge in [-0.05, 0) is 0 Å². The molecule has 0 fully saturated rings. The van der Waals surface area contributed by atoms with Crippen LogP contribution in [0.15, 0.2) is 53.3 Å². The number of halogens is 3. The summed E-state index contributed by atoms with van der Waals surface area (Å²) in [5.74, 6) is 1.94. The first-order chi connectivity index (χ1) is 11.5. The van der Waals surface area contributed by atoms with E-state index in [2.05, 4.69) is 10.1 Å². The topological polar surface area (TPSA) is 43.9 Å². The molecular formula is C16H14F3N3OS. The molecular weight excluding hydrogens is 339 g/mol. The van der Waals surface area contributed by atoms with Crippen LogP contribution in [0.4, 0.5) is 13.2 Å². The molecule has 8 heteroatoms. The summed E-state index contributed by atoms with van der Waals surface area (Å²) in [7, 11) is 0. The number of benzene rings is 1. The van der Waals surface area contributed by atoms with Crippen LogP contribution < -0.4 is 0 Å². The van der Waals surface area contributed by atoms with E-state index in [1.165, 1.54) is 24.2 Å². The Hall–Kier alpha value is -2.22. The number of aromatic nitrogens is 3. The number of hydrogen-bond acceptors (Lipinski definition) is 4. The standard InChI is InChI=1S/C16H14F3N3OS/c17-16(18,19)11-22-7-6-20-15(22)10-24-9-13-8-14(21-23-13)12-4-2-1-3-5-12/h1-8H,9-11H2. The summed E-state index contributed by atoms with van der Waals surface area (Å²) in [6, 6.07) is 11.5. The summed E-state index contributed by atoms with van der Waals surface area (Å²) in [5, 5.41) is 4.01. The van der Waals surface area contributed by atoms with Gasteiger partial charge in [-0.2, -0.15) is 13.2 Å². The molecule has 24 heavy (non-hydrogen) atoms. The van der Waals surface area contributed by atoms with E-state index in [1.54, 1.807) is 0 Å². The zero-order chi connectivity index (χ0) is 17.0. The molecule has 0 aliphatic heterocycles. The Balaban J connectivity index is 1.56. The molecule has 126 valence electrons. The lowest BCUT2D eigenvalue weighted by Crippen LogP contribution is -2.18. The van der Waals surface area contributed by atoms with Gasteiger partial charge >= 0.3 is 6.18 Å². The summed E-state index contributed by atoms with van der Waals surface area (Å²) in [5.41, 5.74) is 1.70. The average molecular weight is 353 g/mol. The maximum Gasteiger partial charge on any atom is 0.406 e. The van der Waals surface area contributed by atoms with Crippen molar-refractivity contribution in [3.05, 3.63) is 60.4 Å². The normalized spacial score (nSPS) is 11.8. The second kappa shape index (κ2) is 7.12. The zero-order valence-corrected chi connectivity index (χ0v) is 13.3. The molecule has 0 amide bonds. The van der Waals surface area contributed by atoms with Crippen LogP contribution in [-0.2, 0) is 18.1 Å². The molecule has 3 rings (SSSR count). The third kappa shape index (κ3) is 4.41. The Morgan fingerprint density at radius 2 is 1.92 bits per heavy atom. The van der Waals surface area contributed by atoms with E-state index in [0.717, 1.165) is 15.8 Å². The van der Waals surface area contributed by atoms with Crippen LogP contribution in [0, 0.1) is 0 Å². The number of imidazole rings is 1. The van der Waals surface area contributed by atoms with Crippen molar-refractivity contribution >= 4 is 11.8 Å². The van der Waals surface area contributed by atoms with Gasteiger partial charge in [0.1, 0.15) is 23.8 Å². The summed E-state index contributed by atoms with van der Waals surface area (Å²) in [4.78, 5) is 3.98. The van der Waals surface area contributed by atoms with E-state index in [-0.39, 0.29) is 0 Å². The predicted molar refractivity (Wildman–Crippen MR) is 85.2 cm³/mol. The summed E-state index contributed by atoms with van der Waals surface area (Å²) >= 11 is 1.43. The number of hydrogen-bond donors (Lipinski definition) is 0. The highest BCUT2D eigenvalue weighted by atomic mass is 32.2. The van der Waals surface area contributed by atoms with Crippen LogP contribution in [0.2, 0.25) is 0 Å². The van der Waals surface area contributed by atoms with E-state index >= 15 is 0 Å². The van der Waals surface area contributed by atoms with Crippen LogP contribution >= 0.6 is 11.8 Å². The molecule has 0 aliphatic rings. The molecule has 0 radical (unpaired) electrons. The molecule has 0 atom stereocenters. The van der Waals surface area contributed by atoms with Gasteiger partial charge in [0.25, 0.3) is 0 Å². The molecule has 4 nitrogen and oxygen atoms in total. The maximum atomic E-state index is 12.5. The molecule has 0 spiro atoms. The minimum atomic E-state index is -4.25. The largest absolute Gasteiger partial charge is 0.406 e. The molecule has 0 bridgehead atoms. The third-order valence-electron chi connectivity index (χ3n) is 3.26. The van der Waals surface area contributed by atoms with Crippen LogP contribution in [0.1, 0.15) is 11.6 Å². The SMILES string of the molecule is FC(F)(F)Cn1ccnc1CSCc1cc(-c2ccccc2)no1. The summed E-state index contributed by atoms with van der Waals surface area (Å²) in [6.45, 7) is -1.02.